The Morgan fingerprint density at radius 2 is 1.03 bits per heavy atom. The van der Waals surface area contributed by atoms with Crippen molar-refractivity contribution in [3.8, 4) is 23.0 Å². The van der Waals surface area contributed by atoms with Crippen molar-refractivity contribution < 1.29 is 39.6 Å². The van der Waals surface area contributed by atoms with Gasteiger partial charge in [0.05, 0.1) is 11.1 Å². The smallest absolute Gasteiger partial charge is 0.201 e. The zero-order valence-corrected chi connectivity index (χ0v) is 16.4. The molecule has 8 nitrogen and oxygen atoms in total. The van der Waals surface area contributed by atoms with Gasteiger partial charge in [-0.2, -0.15) is 0 Å². The number of hydrogen-bond acceptors (Lipinski definition) is 8. The standard InChI is InChI=1S/C24H16O8/c25-15-11-16(18(26)5-1-13-3-7-20(28)22(30)9-13)24(32)17(12-15)19(27)6-2-14-4-8-21(29)23(31)10-14/h1-12,28-31H. The molecule has 2 aromatic rings. The van der Waals surface area contributed by atoms with Crippen molar-refractivity contribution in [2.45, 2.75) is 0 Å². The van der Waals surface area contributed by atoms with Gasteiger partial charge in [0.2, 0.25) is 5.78 Å². The third kappa shape index (κ3) is 4.88. The van der Waals surface area contributed by atoms with E-state index in [2.05, 4.69) is 0 Å². The molecule has 2 aromatic carbocycles. The summed E-state index contributed by atoms with van der Waals surface area (Å²) in [5, 5.41) is 37.6. The van der Waals surface area contributed by atoms with Crippen molar-refractivity contribution in [1.82, 2.24) is 0 Å². The van der Waals surface area contributed by atoms with Crippen LogP contribution in [0.3, 0.4) is 0 Å². The first kappa shape index (κ1) is 22.0. The van der Waals surface area contributed by atoms with E-state index in [0.29, 0.717) is 11.1 Å². The number of phenolic OH excluding ortho intramolecular Hbond substituents is 4. The molecule has 0 aliphatic heterocycles. The third-order valence-corrected chi connectivity index (χ3v) is 4.45. The second-order valence-corrected chi connectivity index (χ2v) is 6.74. The molecular formula is C24H16O8. The maximum Gasteiger partial charge on any atom is 0.201 e. The van der Waals surface area contributed by atoms with Crippen LogP contribution in [0.2, 0.25) is 0 Å². The highest BCUT2D eigenvalue weighted by Crippen LogP contribution is 2.26. The van der Waals surface area contributed by atoms with Gasteiger partial charge in [-0.25, -0.2) is 0 Å². The summed E-state index contributed by atoms with van der Waals surface area (Å²) >= 11 is 0. The molecule has 0 radical (unpaired) electrons. The number of carbonyl (C=O) groups excluding carboxylic acids is 4. The molecule has 0 unspecified atom stereocenters. The fourth-order valence-electron chi connectivity index (χ4n) is 2.78. The molecule has 1 aliphatic carbocycles. The number of phenols is 4. The Hall–Kier alpha value is -4.72. The second-order valence-electron chi connectivity index (χ2n) is 6.74. The highest BCUT2D eigenvalue weighted by Gasteiger charge is 2.28. The lowest BCUT2D eigenvalue weighted by molar-refractivity contribution is -0.121. The van der Waals surface area contributed by atoms with Crippen LogP contribution in [0.4, 0.5) is 0 Å². The first-order chi connectivity index (χ1) is 15.2. The van der Waals surface area contributed by atoms with E-state index < -0.39 is 45.8 Å². The summed E-state index contributed by atoms with van der Waals surface area (Å²) < 4.78 is 0. The van der Waals surface area contributed by atoms with E-state index in [9.17, 15) is 39.6 Å². The molecule has 8 heteroatoms. The quantitative estimate of drug-likeness (QED) is 0.235. The van der Waals surface area contributed by atoms with Gasteiger partial charge in [0.15, 0.2) is 40.3 Å². The van der Waals surface area contributed by atoms with E-state index in [1.165, 1.54) is 48.6 Å². The lowest BCUT2D eigenvalue weighted by Gasteiger charge is -2.09. The molecule has 0 heterocycles. The maximum atomic E-state index is 12.6. The molecule has 0 spiro atoms. The number of carbonyl (C=O) groups is 4. The van der Waals surface area contributed by atoms with Crippen LogP contribution < -0.4 is 0 Å². The molecule has 0 saturated heterocycles. The number of rotatable bonds is 6. The van der Waals surface area contributed by atoms with E-state index in [1.807, 2.05) is 0 Å². The third-order valence-electron chi connectivity index (χ3n) is 4.45. The zero-order chi connectivity index (χ0) is 23.4. The van der Waals surface area contributed by atoms with Gasteiger partial charge in [-0.05, 0) is 47.5 Å². The lowest BCUT2D eigenvalue weighted by atomic mass is 9.90. The van der Waals surface area contributed by atoms with E-state index >= 15 is 0 Å². The minimum absolute atomic E-state index is 0.340. The average molecular weight is 432 g/mol. The molecule has 0 saturated carbocycles. The van der Waals surface area contributed by atoms with E-state index in [1.54, 1.807) is 0 Å². The molecule has 32 heavy (non-hydrogen) atoms. The fourth-order valence-corrected chi connectivity index (χ4v) is 2.78. The van der Waals surface area contributed by atoms with Crippen molar-refractivity contribution in [1.29, 1.82) is 0 Å². The van der Waals surface area contributed by atoms with Crippen molar-refractivity contribution in [3.63, 3.8) is 0 Å². The number of aromatic hydroxyl groups is 4. The molecule has 0 aromatic heterocycles. The first-order valence-corrected chi connectivity index (χ1v) is 9.16. The minimum Gasteiger partial charge on any atom is -0.504 e. The molecule has 0 atom stereocenters. The molecule has 3 rings (SSSR count). The van der Waals surface area contributed by atoms with Crippen LogP contribution in [-0.4, -0.2) is 43.6 Å². The number of hydrogen-bond donors (Lipinski definition) is 4. The summed E-state index contributed by atoms with van der Waals surface area (Å²) in [5.74, 6) is -4.73. The second kappa shape index (κ2) is 8.97. The van der Waals surface area contributed by atoms with E-state index in [4.69, 9.17) is 0 Å². The van der Waals surface area contributed by atoms with Gasteiger partial charge >= 0.3 is 0 Å². The number of allylic oxidation sites excluding steroid dienone is 6. The summed E-state index contributed by atoms with van der Waals surface area (Å²) in [6.07, 6.45) is 6.23. The summed E-state index contributed by atoms with van der Waals surface area (Å²) in [5.41, 5.74) is -0.266. The van der Waals surface area contributed by atoms with Crippen molar-refractivity contribution in [3.05, 3.63) is 83.0 Å². The topological polar surface area (TPSA) is 149 Å². The summed E-state index contributed by atoms with van der Waals surface area (Å²) in [6, 6.07) is 7.66. The highest BCUT2D eigenvalue weighted by atomic mass is 16.3. The molecule has 0 amide bonds. The van der Waals surface area contributed by atoms with Gasteiger partial charge in [0.1, 0.15) is 0 Å². The Kier molecular flexibility index (Phi) is 6.16. The van der Waals surface area contributed by atoms with E-state index in [0.717, 1.165) is 24.3 Å². The van der Waals surface area contributed by atoms with Crippen LogP contribution in [0.15, 0.2) is 71.8 Å². The van der Waals surface area contributed by atoms with Crippen LogP contribution >= 0.6 is 0 Å². The number of ketones is 4. The predicted molar refractivity (Wildman–Crippen MR) is 114 cm³/mol. The SMILES string of the molecule is O=C1C=C(C(=O)C=Cc2ccc(O)c(O)c2)C(=O)C(C(=O)C=Cc2ccc(O)c(O)c2)=C1. The summed E-state index contributed by atoms with van der Waals surface area (Å²) in [7, 11) is 0. The number of Topliss-reactive ketones (excluding diaryl/α,β-unsaturated/α-hetero) is 1. The Morgan fingerprint density at radius 1 is 0.625 bits per heavy atom. The highest BCUT2D eigenvalue weighted by molar-refractivity contribution is 6.43. The Morgan fingerprint density at radius 3 is 1.41 bits per heavy atom. The molecule has 0 fully saturated rings. The van der Waals surface area contributed by atoms with Crippen LogP contribution in [0.1, 0.15) is 11.1 Å². The summed E-state index contributed by atoms with van der Waals surface area (Å²) in [6.45, 7) is 0. The molecule has 0 bridgehead atoms. The van der Waals surface area contributed by atoms with Crippen LogP contribution in [0, 0.1) is 0 Å². The largest absolute Gasteiger partial charge is 0.504 e. The average Bonchev–Trinajstić information content (AvgIpc) is 2.76. The van der Waals surface area contributed by atoms with Gasteiger partial charge in [-0.15, -0.1) is 0 Å². The minimum atomic E-state index is -0.920. The maximum absolute atomic E-state index is 12.6. The van der Waals surface area contributed by atoms with E-state index in [-0.39, 0.29) is 11.5 Å². The molecule has 160 valence electrons. The Labute approximate surface area is 181 Å². The molecular weight excluding hydrogens is 416 g/mol. The van der Waals surface area contributed by atoms with Gasteiger partial charge in [0.25, 0.3) is 0 Å². The van der Waals surface area contributed by atoms with Crippen molar-refractivity contribution in [2.75, 3.05) is 0 Å². The summed E-state index contributed by atoms with van der Waals surface area (Å²) in [4.78, 5) is 49.5. The van der Waals surface area contributed by atoms with Crippen LogP contribution in [-0.2, 0) is 19.2 Å². The zero-order valence-electron chi connectivity index (χ0n) is 16.4. The normalized spacial score (nSPS) is 14.0. The van der Waals surface area contributed by atoms with Gasteiger partial charge in [-0.3, -0.25) is 19.2 Å². The van der Waals surface area contributed by atoms with Gasteiger partial charge < -0.3 is 20.4 Å². The molecule has 4 N–H and O–H groups in total. The number of benzene rings is 2. The fraction of sp³-hybridized carbons (Fsp3) is 0. The van der Waals surface area contributed by atoms with Crippen molar-refractivity contribution >= 4 is 35.3 Å². The predicted octanol–water partition coefficient (Wildman–Crippen LogP) is 2.38. The lowest BCUT2D eigenvalue weighted by Crippen LogP contribution is -2.23. The monoisotopic (exact) mass is 432 g/mol. The van der Waals surface area contributed by atoms with Gasteiger partial charge in [0, 0.05) is 12.2 Å². The van der Waals surface area contributed by atoms with Gasteiger partial charge in [-0.1, -0.05) is 24.3 Å². The first-order valence-electron chi connectivity index (χ1n) is 9.16. The Balaban J connectivity index is 1.77. The van der Waals surface area contributed by atoms with Crippen LogP contribution in [0.25, 0.3) is 12.2 Å². The van der Waals surface area contributed by atoms with Crippen LogP contribution in [0.5, 0.6) is 23.0 Å². The van der Waals surface area contributed by atoms with Crippen molar-refractivity contribution in [2.24, 2.45) is 0 Å². The molecule has 1 aliphatic rings. The Bertz CT molecular complexity index is 1180.